The number of rotatable bonds is 1. The molecule has 0 radical (unpaired) electrons. The molecule has 0 N–H and O–H groups in total. The first kappa shape index (κ1) is 9.44. The summed E-state index contributed by atoms with van der Waals surface area (Å²) in [6.07, 6.45) is 7.74. The van der Waals surface area contributed by atoms with Crippen molar-refractivity contribution in [1.82, 2.24) is 0 Å². The number of carbonyl (C=O) groups is 1. The monoisotopic (exact) mass is 206 g/mol. The zero-order valence-corrected chi connectivity index (χ0v) is 9.29. The number of carbonyl (C=O) groups excluding carboxylic acids is 1. The first-order valence-electron chi connectivity index (χ1n) is 6.17. The van der Waals surface area contributed by atoms with Crippen molar-refractivity contribution in [1.29, 1.82) is 0 Å². The minimum absolute atomic E-state index is 0.129. The van der Waals surface area contributed by atoms with Crippen LogP contribution in [0, 0.1) is 17.8 Å². The van der Waals surface area contributed by atoms with Gasteiger partial charge in [0.05, 0.1) is 0 Å². The zero-order chi connectivity index (χ0) is 10.4. The molecule has 3 rings (SSSR count). The molecule has 82 valence electrons. The van der Waals surface area contributed by atoms with Gasteiger partial charge >= 0.3 is 5.97 Å². The summed E-state index contributed by atoms with van der Waals surface area (Å²) in [4.78, 5) is 11.1. The Kier molecular flexibility index (Phi) is 2.11. The summed E-state index contributed by atoms with van der Waals surface area (Å²) < 4.78 is 5.48. The molecule has 3 aliphatic rings. The largest absolute Gasteiger partial charge is 0.431 e. The van der Waals surface area contributed by atoms with E-state index in [1.54, 1.807) is 0 Å². The van der Waals surface area contributed by atoms with Crippen LogP contribution in [0.5, 0.6) is 0 Å². The SMILES string of the molecule is CC(=O)OC1=C2CCC[C@@H]2CC[C@@H]2C[C@H]12. The average molecular weight is 206 g/mol. The highest BCUT2D eigenvalue weighted by Crippen LogP contribution is 2.55. The van der Waals surface area contributed by atoms with E-state index in [0.29, 0.717) is 5.92 Å². The minimum atomic E-state index is -0.129. The molecule has 0 heterocycles. The molecule has 2 fully saturated rings. The molecule has 2 saturated carbocycles. The van der Waals surface area contributed by atoms with Crippen LogP contribution in [-0.4, -0.2) is 5.97 Å². The second-order valence-electron chi connectivity index (χ2n) is 5.25. The molecule has 0 amide bonds. The smallest absolute Gasteiger partial charge is 0.307 e. The van der Waals surface area contributed by atoms with Crippen molar-refractivity contribution in [3.63, 3.8) is 0 Å². The lowest BCUT2D eigenvalue weighted by Gasteiger charge is -2.14. The topological polar surface area (TPSA) is 26.3 Å². The first-order chi connectivity index (χ1) is 7.25. The highest BCUT2D eigenvalue weighted by Gasteiger charge is 2.46. The Balaban J connectivity index is 1.92. The Morgan fingerprint density at radius 3 is 3.00 bits per heavy atom. The second-order valence-corrected chi connectivity index (χ2v) is 5.25. The van der Waals surface area contributed by atoms with Crippen LogP contribution in [0.15, 0.2) is 11.3 Å². The maximum absolute atomic E-state index is 11.1. The van der Waals surface area contributed by atoms with E-state index in [1.807, 2.05) is 0 Å². The summed E-state index contributed by atoms with van der Waals surface area (Å²) in [5, 5.41) is 0. The minimum Gasteiger partial charge on any atom is -0.431 e. The normalized spacial score (nSPS) is 38.1. The molecule has 0 aromatic heterocycles. The van der Waals surface area contributed by atoms with Crippen LogP contribution in [0.1, 0.15) is 45.4 Å². The Morgan fingerprint density at radius 2 is 2.20 bits per heavy atom. The first-order valence-corrected chi connectivity index (χ1v) is 6.17. The third-order valence-corrected chi connectivity index (χ3v) is 4.21. The molecule has 0 spiro atoms. The fourth-order valence-corrected chi connectivity index (χ4v) is 3.40. The van der Waals surface area contributed by atoms with Gasteiger partial charge in [0, 0.05) is 12.8 Å². The lowest BCUT2D eigenvalue weighted by Crippen LogP contribution is -2.06. The van der Waals surface area contributed by atoms with E-state index in [2.05, 4.69) is 0 Å². The number of esters is 1. The van der Waals surface area contributed by atoms with Crippen molar-refractivity contribution in [3.8, 4) is 0 Å². The molecular weight excluding hydrogens is 188 g/mol. The van der Waals surface area contributed by atoms with Crippen molar-refractivity contribution in [2.45, 2.75) is 45.4 Å². The second kappa shape index (κ2) is 3.36. The van der Waals surface area contributed by atoms with Crippen LogP contribution in [0.25, 0.3) is 0 Å². The van der Waals surface area contributed by atoms with Crippen molar-refractivity contribution < 1.29 is 9.53 Å². The highest BCUT2D eigenvalue weighted by atomic mass is 16.5. The van der Waals surface area contributed by atoms with E-state index in [4.69, 9.17) is 4.74 Å². The number of fused-ring (bicyclic) bond motifs is 2. The number of hydrogen-bond acceptors (Lipinski definition) is 2. The summed E-state index contributed by atoms with van der Waals surface area (Å²) in [6.45, 7) is 1.53. The van der Waals surface area contributed by atoms with Crippen molar-refractivity contribution in [2.75, 3.05) is 0 Å². The van der Waals surface area contributed by atoms with Crippen molar-refractivity contribution in [3.05, 3.63) is 11.3 Å². The Bertz CT molecular complexity index is 329. The summed E-state index contributed by atoms with van der Waals surface area (Å²) >= 11 is 0. The molecule has 2 nitrogen and oxygen atoms in total. The van der Waals surface area contributed by atoms with Crippen LogP contribution < -0.4 is 0 Å². The third-order valence-electron chi connectivity index (χ3n) is 4.21. The van der Waals surface area contributed by atoms with Crippen LogP contribution in [0.2, 0.25) is 0 Å². The molecule has 0 unspecified atom stereocenters. The maximum Gasteiger partial charge on any atom is 0.307 e. The average Bonchev–Trinajstić information content (AvgIpc) is 2.83. The zero-order valence-electron chi connectivity index (χ0n) is 9.29. The van der Waals surface area contributed by atoms with Gasteiger partial charge in [-0.1, -0.05) is 0 Å². The van der Waals surface area contributed by atoms with Gasteiger partial charge in [0.1, 0.15) is 5.76 Å². The summed E-state index contributed by atoms with van der Waals surface area (Å²) in [5.41, 5.74) is 1.50. The standard InChI is InChI=1S/C13H18O2/c1-8(14)15-13-11-4-2-3-9(11)5-6-10-7-12(10)13/h9-10,12H,2-7H2,1H3/t9-,10-,12+/m1/s1. The summed E-state index contributed by atoms with van der Waals surface area (Å²) in [6, 6.07) is 0. The summed E-state index contributed by atoms with van der Waals surface area (Å²) in [5.74, 6) is 3.14. The molecule has 0 aromatic rings. The van der Waals surface area contributed by atoms with Gasteiger partial charge in [-0.2, -0.15) is 0 Å². The van der Waals surface area contributed by atoms with Gasteiger partial charge in [0.2, 0.25) is 0 Å². The lowest BCUT2D eigenvalue weighted by molar-refractivity contribution is -0.137. The van der Waals surface area contributed by atoms with Crippen LogP contribution in [0.4, 0.5) is 0 Å². The van der Waals surface area contributed by atoms with Crippen molar-refractivity contribution in [2.24, 2.45) is 17.8 Å². The fraction of sp³-hybridized carbons (Fsp3) is 0.769. The van der Waals surface area contributed by atoms with E-state index in [0.717, 1.165) is 17.6 Å². The molecule has 15 heavy (non-hydrogen) atoms. The maximum atomic E-state index is 11.1. The van der Waals surface area contributed by atoms with Gasteiger partial charge in [-0.15, -0.1) is 0 Å². The van der Waals surface area contributed by atoms with E-state index < -0.39 is 0 Å². The molecule has 3 aliphatic carbocycles. The quantitative estimate of drug-likeness (QED) is 0.616. The Labute approximate surface area is 90.7 Å². The van der Waals surface area contributed by atoms with E-state index in [1.165, 1.54) is 51.0 Å². The molecule has 0 aromatic carbocycles. The fourth-order valence-electron chi connectivity index (χ4n) is 3.40. The van der Waals surface area contributed by atoms with E-state index in [-0.39, 0.29) is 5.97 Å². The molecule has 0 saturated heterocycles. The van der Waals surface area contributed by atoms with Crippen LogP contribution in [0.3, 0.4) is 0 Å². The van der Waals surface area contributed by atoms with Gasteiger partial charge < -0.3 is 4.74 Å². The van der Waals surface area contributed by atoms with E-state index in [9.17, 15) is 4.79 Å². The Morgan fingerprint density at radius 1 is 1.33 bits per heavy atom. The van der Waals surface area contributed by atoms with Gasteiger partial charge in [-0.25, -0.2) is 0 Å². The molecule has 2 heteroatoms. The van der Waals surface area contributed by atoms with Crippen molar-refractivity contribution >= 4 is 5.97 Å². The van der Waals surface area contributed by atoms with E-state index >= 15 is 0 Å². The van der Waals surface area contributed by atoms with Crippen LogP contribution >= 0.6 is 0 Å². The number of allylic oxidation sites excluding steroid dienone is 2. The number of hydrogen-bond donors (Lipinski definition) is 0. The highest BCUT2D eigenvalue weighted by molar-refractivity contribution is 5.67. The predicted octanol–water partition coefficient (Wildman–Crippen LogP) is 3.03. The third kappa shape index (κ3) is 1.60. The van der Waals surface area contributed by atoms with Gasteiger partial charge in [-0.3, -0.25) is 4.79 Å². The van der Waals surface area contributed by atoms with Crippen LogP contribution in [-0.2, 0) is 9.53 Å². The molecular formula is C13H18O2. The lowest BCUT2D eigenvalue weighted by atomic mass is 9.97. The summed E-state index contributed by atoms with van der Waals surface area (Å²) in [7, 11) is 0. The molecule has 3 atom stereocenters. The Hall–Kier alpha value is -0.790. The van der Waals surface area contributed by atoms with Gasteiger partial charge in [0.15, 0.2) is 0 Å². The number of ether oxygens (including phenoxy) is 1. The predicted molar refractivity (Wildman–Crippen MR) is 57.0 cm³/mol. The van der Waals surface area contributed by atoms with Gasteiger partial charge in [-0.05, 0) is 55.9 Å². The molecule has 0 aliphatic heterocycles. The van der Waals surface area contributed by atoms with Gasteiger partial charge in [0.25, 0.3) is 0 Å². The molecule has 0 bridgehead atoms.